The van der Waals surface area contributed by atoms with Gasteiger partial charge in [-0.25, -0.2) is 9.97 Å². The van der Waals surface area contributed by atoms with Gasteiger partial charge in [-0.2, -0.15) is 13.2 Å². The number of aromatic nitrogens is 2. The first-order valence-electron chi connectivity index (χ1n) is 5.77. The quantitative estimate of drug-likeness (QED) is 0.869. The van der Waals surface area contributed by atoms with E-state index in [2.05, 4.69) is 15.3 Å². The Morgan fingerprint density at radius 2 is 1.85 bits per heavy atom. The van der Waals surface area contributed by atoms with Crippen molar-refractivity contribution in [3.8, 4) is 0 Å². The van der Waals surface area contributed by atoms with Crippen molar-refractivity contribution in [2.24, 2.45) is 0 Å². The molecule has 0 amide bonds. The summed E-state index contributed by atoms with van der Waals surface area (Å²) in [5, 5.41) is 2.80. The summed E-state index contributed by atoms with van der Waals surface area (Å²) in [6, 6.07) is 8.40. The summed E-state index contributed by atoms with van der Waals surface area (Å²) in [5.41, 5.74) is 0.0311. The number of anilines is 1. The number of halogens is 3. The first kappa shape index (κ1) is 14.6. The molecule has 0 atom stereocenters. The molecule has 1 aromatic carbocycles. The van der Waals surface area contributed by atoms with Crippen LogP contribution in [-0.4, -0.2) is 17.0 Å². The maximum atomic E-state index is 12.8. The smallest absolute Gasteiger partial charge is 0.357 e. The van der Waals surface area contributed by atoms with Gasteiger partial charge in [-0.3, -0.25) is 0 Å². The van der Waals surface area contributed by atoms with Gasteiger partial charge in [0, 0.05) is 18.0 Å². The van der Waals surface area contributed by atoms with E-state index in [4.69, 9.17) is 0 Å². The standard InChI is InChI=1S/C13H12F3N3S/c1-8-5-3-4-6-9(8)20-11-7-10(13(14,15)16)18-12(17-2)19-11/h3-7H,1-2H3,(H,17,18,19). The normalized spacial score (nSPS) is 11.4. The van der Waals surface area contributed by atoms with E-state index >= 15 is 0 Å². The van der Waals surface area contributed by atoms with Gasteiger partial charge in [-0.05, 0) is 18.6 Å². The second kappa shape index (κ2) is 5.70. The Balaban J connectivity index is 2.39. The molecule has 1 N–H and O–H groups in total. The van der Waals surface area contributed by atoms with Gasteiger partial charge in [-0.15, -0.1) is 0 Å². The third-order valence-corrected chi connectivity index (χ3v) is 3.62. The van der Waals surface area contributed by atoms with Crippen LogP contribution in [0.25, 0.3) is 0 Å². The molecule has 0 radical (unpaired) electrons. The Morgan fingerprint density at radius 1 is 1.15 bits per heavy atom. The maximum Gasteiger partial charge on any atom is 0.433 e. The fourth-order valence-electron chi connectivity index (χ4n) is 1.52. The predicted octanol–water partition coefficient (Wildman–Crippen LogP) is 4.00. The van der Waals surface area contributed by atoms with Crippen molar-refractivity contribution in [1.29, 1.82) is 0 Å². The molecule has 106 valence electrons. The molecule has 1 heterocycles. The van der Waals surface area contributed by atoms with Crippen LogP contribution in [0.3, 0.4) is 0 Å². The first-order valence-corrected chi connectivity index (χ1v) is 6.59. The molecule has 0 fully saturated rings. The zero-order valence-corrected chi connectivity index (χ0v) is 11.6. The van der Waals surface area contributed by atoms with Crippen molar-refractivity contribution in [1.82, 2.24) is 9.97 Å². The van der Waals surface area contributed by atoms with E-state index in [0.29, 0.717) is 0 Å². The number of hydrogen-bond acceptors (Lipinski definition) is 4. The molecular formula is C13H12F3N3S. The summed E-state index contributed by atoms with van der Waals surface area (Å²) in [6.07, 6.45) is -4.49. The van der Waals surface area contributed by atoms with E-state index < -0.39 is 11.9 Å². The fraction of sp³-hybridized carbons (Fsp3) is 0.231. The van der Waals surface area contributed by atoms with Crippen LogP contribution in [-0.2, 0) is 6.18 Å². The van der Waals surface area contributed by atoms with Crippen LogP contribution in [0.4, 0.5) is 19.1 Å². The molecule has 2 aromatic rings. The minimum atomic E-state index is -4.49. The zero-order valence-electron chi connectivity index (χ0n) is 10.8. The number of nitrogens with one attached hydrogen (secondary N) is 1. The monoisotopic (exact) mass is 299 g/mol. The second-order valence-corrected chi connectivity index (χ2v) is 5.09. The van der Waals surface area contributed by atoms with E-state index in [0.717, 1.165) is 16.5 Å². The van der Waals surface area contributed by atoms with Crippen LogP contribution in [0.5, 0.6) is 0 Å². The minimum absolute atomic E-state index is 0.0455. The third-order valence-electron chi connectivity index (χ3n) is 2.52. The number of rotatable bonds is 3. The molecule has 0 unspecified atom stereocenters. The van der Waals surface area contributed by atoms with Gasteiger partial charge in [0.25, 0.3) is 0 Å². The summed E-state index contributed by atoms with van der Waals surface area (Å²) >= 11 is 1.18. The van der Waals surface area contributed by atoms with Gasteiger partial charge >= 0.3 is 6.18 Å². The largest absolute Gasteiger partial charge is 0.433 e. The third kappa shape index (κ3) is 3.41. The van der Waals surface area contributed by atoms with E-state index in [1.807, 2.05) is 31.2 Å². The van der Waals surface area contributed by atoms with Gasteiger partial charge in [0.05, 0.1) is 0 Å². The molecule has 0 aliphatic rings. The molecule has 0 aliphatic heterocycles. The number of benzene rings is 1. The lowest BCUT2D eigenvalue weighted by molar-refractivity contribution is -0.141. The van der Waals surface area contributed by atoms with Gasteiger partial charge < -0.3 is 5.32 Å². The molecule has 0 bridgehead atoms. The Labute approximate surface area is 118 Å². The van der Waals surface area contributed by atoms with Crippen LogP contribution < -0.4 is 5.32 Å². The van der Waals surface area contributed by atoms with E-state index in [1.165, 1.54) is 18.8 Å². The van der Waals surface area contributed by atoms with Crippen molar-refractivity contribution in [3.05, 3.63) is 41.6 Å². The molecule has 2 rings (SSSR count). The van der Waals surface area contributed by atoms with E-state index in [-0.39, 0.29) is 11.0 Å². The van der Waals surface area contributed by atoms with E-state index in [9.17, 15) is 13.2 Å². The van der Waals surface area contributed by atoms with Gasteiger partial charge in [-0.1, -0.05) is 30.0 Å². The Morgan fingerprint density at radius 3 is 2.45 bits per heavy atom. The van der Waals surface area contributed by atoms with Crippen molar-refractivity contribution in [2.75, 3.05) is 12.4 Å². The second-order valence-electron chi connectivity index (χ2n) is 4.03. The van der Waals surface area contributed by atoms with E-state index in [1.54, 1.807) is 0 Å². The fourth-order valence-corrected chi connectivity index (χ4v) is 2.42. The summed E-state index contributed by atoms with van der Waals surface area (Å²) in [4.78, 5) is 8.33. The molecule has 7 heteroatoms. The zero-order chi connectivity index (χ0) is 14.8. The van der Waals surface area contributed by atoms with Crippen LogP contribution in [0.2, 0.25) is 0 Å². The molecule has 0 saturated carbocycles. The molecule has 20 heavy (non-hydrogen) atoms. The number of alkyl halides is 3. The molecule has 0 aliphatic carbocycles. The van der Waals surface area contributed by atoms with Crippen LogP contribution in [0.15, 0.2) is 40.3 Å². The highest BCUT2D eigenvalue weighted by atomic mass is 32.2. The molecule has 1 aromatic heterocycles. The SMILES string of the molecule is CNc1nc(Sc2ccccc2C)cc(C(F)(F)F)n1. The lowest BCUT2D eigenvalue weighted by Gasteiger charge is -2.10. The van der Waals surface area contributed by atoms with Crippen molar-refractivity contribution in [2.45, 2.75) is 23.0 Å². The summed E-state index contributed by atoms with van der Waals surface area (Å²) in [5.74, 6) is -0.0455. The van der Waals surface area contributed by atoms with Gasteiger partial charge in [0.15, 0.2) is 5.69 Å². The van der Waals surface area contributed by atoms with Crippen molar-refractivity contribution in [3.63, 3.8) is 0 Å². The summed E-state index contributed by atoms with van der Waals surface area (Å²) in [7, 11) is 1.48. The van der Waals surface area contributed by atoms with Crippen molar-refractivity contribution < 1.29 is 13.2 Å². The lowest BCUT2D eigenvalue weighted by atomic mass is 10.2. The molecule has 3 nitrogen and oxygen atoms in total. The summed E-state index contributed by atoms with van der Waals surface area (Å²) in [6.45, 7) is 1.90. The van der Waals surface area contributed by atoms with Crippen LogP contribution in [0.1, 0.15) is 11.3 Å². The van der Waals surface area contributed by atoms with Crippen molar-refractivity contribution >= 4 is 17.7 Å². The Hall–Kier alpha value is -1.76. The molecule has 0 saturated heterocycles. The number of aryl methyl sites for hydroxylation is 1. The lowest BCUT2D eigenvalue weighted by Crippen LogP contribution is -2.11. The first-order chi connectivity index (χ1) is 9.40. The average Bonchev–Trinajstić information content (AvgIpc) is 2.40. The average molecular weight is 299 g/mol. The highest BCUT2D eigenvalue weighted by molar-refractivity contribution is 7.99. The summed E-state index contributed by atoms with van der Waals surface area (Å²) < 4.78 is 38.3. The minimum Gasteiger partial charge on any atom is -0.357 e. The topological polar surface area (TPSA) is 37.8 Å². The number of hydrogen-bond donors (Lipinski definition) is 1. The Kier molecular flexibility index (Phi) is 4.17. The highest BCUT2D eigenvalue weighted by Gasteiger charge is 2.33. The van der Waals surface area contributed by atoms with Gasteiger partial charge in [0.2, 0.25) is 5.95 Å². The maximum absolute atomic E-state index is 12.8. The van der Waals surface area contributed by atoms with Gasteiger partial charge in [0.1, 0.15) is 5.03 Å². The Bertz CT molecular complexity index is 614. The van der Waals surface area contributed by atoms with Crippen LogP contribution in [0, 0.1) is 6.92 Å². The molecular weight excluding hydrogens is 287 g/mol. The highest BCUT2D eigenvalue weighted by Crippen LogP contribution is 2.34. The number of nitrogens with zero attached hydrogens (tertiary/aromatic N) is 2. The van der Waals surface area contributed by atoms with Crippen LogP contribution >= 0.6 is 11.8 Å². The molecule has 0 spiro atoms. The predicted molar refractivity (Wildman–Crippen MR) is 71.9 cm³/mol.